The van der Waals surface area contributed by atoms with E-state index in [1.165, 1.54) is 5.69 Å². The van der Waals surface area contributed by atoms with Crippen molar-refractivity contribution in [1.82, 2.24) is 4.98 Å². The van der Waals surface area contributed by atoms with Crippen LogP contribution in [0.2, 0.25) is 9.95 Å². The van der Waals surface area contributed by atoms with Gasteiger partial charge in [0.25, 0.3) is 0 Å². The average Bonchev–Trinajstić information content (AvgIpc) is 2.40. The molecule has 0 N–H and O–H groups in total. The topological polar surface area (TPSA) is 31.4 Å². The van der Waals surface area contributed by atoms with Crippen LogP contribution in [0.3, 0.4) is 0 Å². The Labute approximate surface area is 119 Å². The first-order valence-electron chi connectivity index (χ1n) is 6.21. The van der Waals surface area contributed by atoms with Crippen molar-refractivity contribution in [2.45, 2.75) is 28.5 Å². The number of rotatable bonds is 8. The molecule has 0 bridgehead atoms. The molecule has 0 saturated heterocycles. The van der Waals surface area contributed by atoms with Crippen molar-refractivity contribution < 1.29 is 24.0 Å². The monoisotopic (exact) mass is 305 g/mol. The molecule has 5 heteroatoms. The van der Waals surface area contributed by atoms with Crippen LogP contribution in [0.1, 0.15) is 12.6 Å². The molecule has 1 atom stereocenters. The van der Waals surface area contributed by atoms with E-state index in [4.69, 9.17) is 6.64 Å². The van der Waals surface area contributed by atoms with Crippen LogP contribution in [-0.2, 0) is 30.4 Å². The van der Waals surface area contributed by atoms with Gasteiger partial charge < -0.3 is 0 Å². The van der Waals surface area contributed by atoms with Gasteiger partial charge >= 0.3 is 119 Å². The van der Waals surface area contributed by atoms with Gasteiger partial charge in [-0.1, -0.05) is 0 Å². The molecule has 3 nitrogen and oxygen atoms in total. The number of nitrogens with zero attached hydrogens (tertiary/aromatic N) is 1. The summed E-state index contributed by atoms with van der Waals surface area (Å²) in [4.78, 5) is 4.33. The third kappa shape index (κ3) is 5.85. The van der Waals surface area contributed by atoms with Crippen LogP contribution in [0.15, 0.2) is 24.4 Å². The van der Waals surface area contributed by atoms with E-state index in [0.717, 1.165) is 16.9 Å². The van der Waals surface area contributed by atoms with E-state index in [9.17, 15) is 0 Å². The number of hydrogen-bond donors (Lipinski definition) is 0. The molecule has 0 aliphatic rings. The number of aromatic nitrogens is 1. The zero-order valence-corrected chi connectivity index (χ0v) is 14.1. The minimum absolute atomic E-state index is 0.582. The van der Waals surface area contributed by atoms with Crippen LogP contribution < -0.4 is 0 Å². The number of hydrogen-bond acceptors (Lipinski definition) is 4. The van der Waals surface area contributed by atoms with E-state index < -0.39 is 17.4 Å². The van der Waals surface area contributed by atoms with Crippen molar-refractivity contribution >= 4 is 11.8 Å². The van der Waals surface area contributed by atoms with Crippen LogP contribution in [-0.4, -0.2) is 30.2 Å². The van der Waals surface area contributed by atoms with Gasteiger partial charge in [-0.05, 0) is 0 Å². The van der Waals surface area contributed by atoms with E-state index >= 15 is 0 Å². The number of aryl methyl sites for hydroxylation is 1. The van der Waals surface area contributed by atoms with Gasteiger partial charge in [0.05, 0.1) is 0 Å². The number of pyridine rings is 1. The Bertz CT molecular complexity index is 333. The summed E-state index contributed by atoms with van der Waals surface area (Å²) in [5, 5.41) is 2.74. The summed E-state index contributed by atoms with van der Waals surface area (Å²) in [6.45, 7) is 2.25. The molecule has 1 aromatic heterocycles. The first-order chi connectivity index (χ1) is 8.59. The first-order valence-corrected chi connectivity index (χ1v) is 11.2. The van der Waals surface area contributed by atoms with Gasteiger partial charge in [0.15, 0.2) is 0 Å². The second-order valence-electron chi connectivity index (χ2n) is 4.50. The fourth-order valence-corrected chi connectivity index (χ4v) is 6.80. The van der Waals surface area contributed by atoms with Crippen molar-refractivity contribution in [3.8, 4) is 0 Å². The van der Waals surface area contributed by atoms with E-state index in [1.807, 2.05) is 30.1 Å². The van der Waals surface area contributed by atoms with Gasteiger partial charge in [0.1, 0.15) is 0 Å². The molecule has 0 saturated carbocycles. The van der Waals surface area contributed by atoms with Crippen molar-refractivity contribution in [2.24, 2.45) is 0 Å². The summed E-state index contributed by atoms with van der Waals surface area (Å²) in [5.74, 6) is 1.10. The van der Waals surface area contributed by atoms with Crippen LogP contribution >= 0.6 is 11.8 Å². The molecule has 1 unspecified atom stereocenters. The summed E-state index contributed by atoms with van der Waals surface area (Å²) < 4.78 is 12.2. The molecule has 0 spiro atoms. The Morgan fingerprint density at radius 1 is 1.33 bits per heavy atom. The van der Waals surface area contributed by atoms with E-state index in [0.29, 0.717) is 5.25 Å². The van der Waals surface area contributed by atoms with Gasteiger partial charge in [-0.3, -0.25) is 0 Å². The van der Waals surface area contributed by atoms with Crippen molar-refractivity contribution in [1.29, 1.82) is 0 Å². The summed E-state index contributed by atoms with van der Waals surface area (Å²) >= 11 is -0.458. The van der Waals surface area contributed by atoms with Gasteiger partial charge in [-0.2, -0.15) is 0 Å². The normalized spacial score (nSPS) is 13.6. The number of thioether (sulfide) groups is 1. The van der Waals surface area contributed by atoms with Crippen molar-refractivity contribution in [2.75, 3.05) is 20.0 Å². The molecule has 0 radical (unpaired) electrons. The van der Waals surface area contributed by atoms with Crippen LogP contribution in [0.4, 0.5) is 0 Å². The second-order valence-corrected chi connectivity index (χ2v) is 11.5. The molecule has 1 heterocycles. The summed E-state index contributed by atoms with van der Waals surface area (Å²) in [7, 11) is 3.55. The van der Waals surface area contributed by atoms with Crippen LogP contribution in [0.25, 0.3) is 0 Å². The van der Waals surface area contributed by atoms with Gasteiger partial charge in [-0.15, -0.1) is 0 Å². The molecule has 0 fully saturated rings. The van der Waals surface area contributed by atoms with E-state index in [1.54, 1.807) is 14.2 Å². The summed E-state index contributed by atoms with van der Waals surface area (Å²) in [6.07, 6.45) is 2.88. The fraction of sp³-hybridized carbons (Fsp3) is 0.615. The Morgan fingerprint density at radius 3 is 2.61 bits per heavy atom. The Balaban J connectivity index is 2.27. The minimum atomic E-state index is -2.43. The van der Waals surface area contributed by atoms with Gasteiger partial charge in [-0.25, -0.2) is 0 Å². The van der Waals surface area contributed by atoms with Gasteiger partial charge in [0.2, 0.25) is 0 Å². The zero-order chi connectivity index (χ0) is 13.4. The standard InChI is InChI=1S/C10H14NS.2CH3O.CH3.Ti/c1-9(2)12-8-6-10-5-3-4-7-11-10;2*1-2;;/h3-5,7,9H,1,6,8H2,2H3;2*1H3;1H3;/q;2*-1;;+2. The summed E-state index contributed by atoms with van der Waals surface area (Å²) in [6, 6.07) is 6.07. The molecule has 0 aromatic carbocycles. The molecule has 1 rings (SSSR count). The molecule has 18 heavy (non-hydrogen) atoms. The van der Waals surface area contributed by atoms with Crippen molar-refractivity contribution in [3.63, 3.8) is 0 Å². The van der Waals surface area contributed by atoms with E-state index in [2.05, 4.69) is 23.2 Å². The zero-order valence-electron chi connectivity index (χ0n) is 11.7. The molecule has 0 amide bonds. The predicted octanol–water partition coefficient (Wildman–Crippen LogP) is 3.49. The average molecular weight is 305 g/mol. The predicted molar refractivity (Wildman–Crippen MR) is 74.6 cm³/mol. The second kappa shape index (κ2) is 8.33. The maximum absolute atomic E-state index is 5.56. The molecule has 0 aliphatic carbocycles. The molecule has 102 valence electrons. The third-order valence-electron chi connectivity index (χ3n) is 3.01. The fourth-order valence-electron chi connectivity index (χ4n) is 1.74. The molecule has 0 aliphatic heterocycles. The molecule has 1 aromatic rings. The Hall–Kier alpha value is 0.134. The first kappa shape index (κ1) is 16.2. The van der Waals surface area contributed by atoms with Gasteiger partial charge in [0, 0.05) is 0 Å². The van der Waals surface area contributed by atoms with E-state index in [-0.39, 0.29) is 0 Å². The molecular formula is C13H23NO2STi. The SMILES string of the molecule is C[O][Ti]([CH3])([CH2]C(C)SCCc1ccccn1)[O]C. The Morgan fingerprint density at radius 2 is 2.06 bits per heavy atom. The van der Waals surface area contributed by atoms with Crippen LogP contribution in [0, 0.1) is 0 Å². The molecular weight excluding hydrogens is 282 g/mol. The Kier molecular flexibility index (Phi) is 7.50. The summed E-state index contributed by atoms with van der Waals surface area (Å²) in [5.41, 5.74) is 1.17. The van der Waals surface area contributed by atoms with Crippen LogP contribution in [0.5, 0.6) is 0 Å². The third-order valence-corrected chi connectivity index (χ3v) is 9.46. The maximum atomic E-state index is 5.56. The van der Waals surface area contributed by atoms with Crippen molar-refractivity contribution in [3.05, 3.63) is 30.1 Å². The quantitative estimate of drug-likeness (QED) is 0.688.